The highest BCUT2D eigenvalue weighted by Crippen LogP contribution is 2.25. The predicted molar refractivity (Wildman–Crippen MR) is 98.7 cm³/mol. The zero-order valence-corrected chi connectivity index (χ0v) is 15.3. The Bertz CT molecular complexity index is 833. The van der Waals surface area contributed by atoms with Gasteiger partial charge in [-0.25, -0.2) is 8.42 Å². The molecule has 126 valence electrons. The lowest BCUT2D eigenvalue weighted by molar-refractivity contribution is -0.115. The summed E-state index contributed by atoms with van der Waals surface area (Å²) in [5.41, 5.74) is 2.21. The van der Waals surface area contributed by atoms with Gasteiger partial charge in [0, 0.05) is 16.7 Å². The maximum atomic E-state index is 12.1. The first-order chi connectivity index (χ1) is 11.4. The van der Waals surface area contributed by atoms with E-state index in [0.717, 1.165) is 10.0 Å². The number of nitrogens with one attached hydrogen (secondary N) is 1. The molecular formula is C17H17BrN2O3S. The zero-order valence-electron chi connectivity index (χ0n) is 12.9. The minimum atomic E-state index is -3.18. The molecule has 0 aliphatic carbocycles. The van der Waals surface area contributed by atoms with E-state index in [0.29, 0.717) is 24.3 Å². The molecule has 0 radical (unpaired) electrons. The first-order valence-corrected chi connectivity index (χ1v) is 9.99. The fourth-order valence-electron chi connectivity index (χ4n) is 2.63. The predicted octanol–water partition coefficient (Wildman–Crippen LogP) is 3.17. The van der Waals surface area contributed by atoms with Crippen molar-refractivity contribution in [3.63, 3.8) is 0 Å². The minimum Gasteiger partial charge on any atom is -0.326 e. The molecule has 1 heterocycles. The lowest BCUT2D eigenvalue weighted by Crippen LogP contribution is -2.25. The number of hydrogen-bond donors (Lipinski definition) is 1. The van der Waals surface area contributed by atoms with Gasteiger partial charge in [0.15, 0.2) is 0 Å². The molecule has 5 nitrogen and oxygen atoms in total. The second-order valence-corrected chi connectivity index (χ2v) is 8.57. The quantitative estimate of drug-likeness (QED) is 0.844. The summed E-state index contributed by atoms with van der Waals surface area (Å²) < 4.78 is 26.2. The SMILES string of the molecule is O=C(Cc1ccc(Br)cc1)Nc1ccc(N2CCCS2(=O)=O)cc1. The summed E-state index contributed by atoms with van der Waals surface area (Å²) in [4.78, 5) is 12.1. The molecule has 0 bridgehead atoms. The molecule has 2 aromatic rings. The molecule has 24 heavy (non-hydrogen) atoms. The van der Waals surface area contributed by atoms with Crippen LogP contribution in [0.5, 0.6) is 0 Å². The fourth-order valence-corrected chi connectivity index (χ4v) is 4.46. The number of anilines is 2. The van der Waals surface area contributed by atoms with Crippen LogP contribution in [-0.4, -0.2) is 26.6 Å². The lowest BCUT2D eigenvalue weighted by Gasteiger charge is -2.17. The van der Waals surface area contributed by atoms with Crippen molar-refractivity contribution in [2.24, 2.45) is 0 Å². The summed E-state index contributed by atoms with van der Waals surface area (Å²) in [6, 6.07) is 14.5. The zero-order chi connectivity index (χ0) is 17.2. The Labute approximate surface area is 149 Å². The van der Waals surface area contributed by atoms with Gasteiger partial charge in [-0.05, 0) is 48.4 Å². The van der Waals surface area contributed by atoms with Gasteiger partial charge in [0.1, 0.15) is 0 Å². The van der Waals surface area contributed by atoms with Crippen LogP contribution in [0.3, 0.4) is 0 Å². The molecule has 1 aliphatic heterocycles. The molecular weight excluding hydrogens is 392 g/mol. The van der Waals surface area contributed by atoms with E-state index in [4.69, 9.17) is 0 Å². The van der Waals surface area contributed by atoms with Crippen molar-refractivity contribution in [1.29, 1.82) is 0 Å². The molecule has 1 amide bonds. The summed E-state index contributed by atoms with van der Waals surface area (Å²) >= 11 is 3.36. The smallest absolute Gasteiger partial charge is 0.235 e. The molecule has 2 aromatic carbocycles. The van der Waals surface area contributed by atoms with Gasteiger partial charge >= 0.3 is 0 Å². The van der Waals surface area contributed by atoms with Gasteiger partial charge in [-0.3, -0.25) is 9.10 Å². The topological polar surface area (TPSA) is 66.5 Å². The van der Waals surface area contributed by atoms with Crippen LogP contribution in [0.25, 0.3) is 0 Å². The average Bonchev–Trinajstić information content (AvgIpc) is 2.90. The summed E-state index contributed by atoms with van der Waals surface area (Å²) in [7, 11) is -3.18. The van der Waals surface area contributed by atoms with Crippen molar-refractivity contribution >= 4 is 43.2 Å². The number of carbonyl (C=O) groups is 1. The first-order valence-electron chi connectivity index (χ1n) is 7.59. The van der Waals surface area contributed by atoms with Gasteiger partial charge in [-0.2, -0.15) is 0 Å². The Morgan fingerprint density at radius 1 is 1.08 bits per heavy atom. The summed E-state index contributed by atoms with van der Waals surface area (Å²) in [6.45, 7) is 0.512. The number of hydrogen-bond acceptors (Lipinski definition) is 3. The van der Waals surface area contributed by atoms with Gasteiger partial charge in [-0.1, -0.05) is 28.1 Å². The van der Waals surface area contributed by atoms with E-state index in [-0.39, 0.29) is 18.1 Å². The van der Waals surface area contributed by atoms with Crippen molar-refractivity contribution in [3.8, 4) is 0 Å². The van der Waals surface area contributed by atoms with Crippen molar-refractivity contribution in [3.05, 3.63) is 58.6 Å². The third-order valence-corrected chi connectivity index (χ3v) is 6.21. The lowest BCUT2D eigenvalue weighted by atomic mass is 10.1. The molecule has 1 aliphatic rings. The van der Waals surface area contributed by atoms with Crippen LogP contribution < -0.4 is 9.62 Å². The van der Waals surface area contributed by atoms with Gasteiger partial charge < -0.3 is 5.32 Å². The highest BCUT2D eigenvalue weighted by molar-refractivity contribution is 9.10. The first kappa shape index (κ1) is 17.0. The van der Waals surface area contributed by atoms with Crippen LogP contribution in [-0.2, 0) is 21.2 Å². The van der Waals surface area contributed by atoms with Crippen LogP contribution in [0.15, 0.2) is 53.0 Å². The average molecular weight is 409 g/mol. The van der Waals surface area contributed by atoms with Crippen molar-refractivity contribution < 1.29 is 13.2 Å². The molecule has 0 spiro atoms. The highest BCUT2D eigenvalue weighted by Gasteiger charge is 2.28. The summed E-state index contributed by atoms with van der Waals surface area (Å²) in [5, 5.41) is 2.82. The fraction of sp³-hybridized carbons (Fsp3) is 0.235. The summed E-state index contributed by atoms with van der Waals surface area (Å²) in [5.74, 6) is 0.0810. The standard InChI is InChI=1S/C17H17BrN2O3S/c18-14-4-2-13(3-5-14)12-17(21)19-15-6-8-16(9-7-15)20-10-1-11-24(20,22)23/h2-9H,1,10-12H2,(H,19,21). The van der Waals surface area contributed by atoms with Crippen LogP contribution in [0.1, 0.15) is 12.0 Å². The molecule has 0 unspecified atom stereocenters. The number of sulfonamides is 1. The van der Waals surface area contributed by atoms with Crippen LogP contribution in [0, 0.1) is 0 Å². The minimum absolute atomic E-state index is 0.112. The largest absolute Gasteiger partial charge is 0.326 e. The van der Waals surface area contributed by atoms with Crippen molar-refractivity contribution in [2.75, 3.05) is 21.9 Å². The summed E-state index contributed by atoms with van der Waals surface area (Å²) in [6.07, 6.45) is 0.934. The molecule has 1 saturated heterocycles. The Morgan fingerprint density at radius 3 is 2.33 bits per heavy atom. The van der Waals surface area contributed by atoms with Gasteiger partial charge in [0.2, 0.25) is 15.9 Å². The van der Waals surface area contributed by atoms with E-state index in [9.17, 15) is 13.2 Å². The van der Waals surface area contributed by atoms with E-state index >= 15 is 0 Å². The molecule has 1 N–H and O–H groups in total. The van der Waals surface area contributed by atoms with E-state index in [1.807, 2.05) is 24.3 Å². The van der Waals surface area contributed by atoms with Crippen LogP contribution in [0.2, 0.25) is 0 Å². The molecule has 1 fully saturated rings. The van der Waals surface area contributed by atoms with Crippen molar-refractivity contribution in [2.45, 2.75) is 12.8 Å². The second kappa shape index (κ2) is 6.94. The third kappa shape index (κ3) is 3.96. The number of carbonyl (C=O) groups excluding carboxylic acids is 1. The highest BCUT2D eigenvalue weighted by atomic mass is 79.9. The normalized spacial score (nSPS) is 16.1. The van der Waals surface area contributed by atoms with Gasteiger partial charge in [0.05, 0.1) is 17.9 Å². The van der Waals surface area contributed by atoms with E-state index in [1.165, 1.54) is 4.31 Å². The Hall–Kier alpha value is -1.86. The van der Waals surface area contributed by atoms with Gasteiger partial charge in [0.25, 0.3) is 0 Å². The van der Waals surface area contributed by atoms with Crippen LogP contribution >= 0.6 is 15.9 Å². The molecule has 0 saturated carbocycles. The van der Waals surface area contributed by atoms with E-state index in [1.54, 1.807) is 24.3 Å². The Balaban J connectivity index is 1.63. The second-order valence-electron chi connectivity index (χ2n) is 5.64. The van der Waals surface area contributed by atoms with Crippen molar-refractivity contribution in [1.82, 2.24) is 0 Å². The Kier molecular flexibility index (Phi) is 4.91. The number of amides is 1. The van der Waals surface area contributed by atoms with E-state index in [2.05, 4.69) is 21.2 Å². The molecule has 0 atom stereocenters. The maximum absolute atomic E-state index is 12.1. The van der Waals surface area contributed by atoms with Crippen LogP contribution in [0.4, 0.5) is 11.4 Å². The van der Waals surface area contributed by atoms with E-state index < -0.39 is 10.0 Å². The molecule has 7 heteroatoms. The third-order valence-electron chi connectivity index (χ3n) is 3.82. The number of nitrogens with zero attached hydrogens (tertiary/aromatic N) is 1. The molecule has 3 rings (SSSR count). The molecule has 0 aromatic heterocycles. The monoisotopic (exact) mass is 408 g/mol. The number of benzene rings is 2. The Morgan fingerprint density at radius 2 is 1.75 bits per heavy atom. The van der Waals surface area contributed by atoms with Gasteiger partial charge in [-0.15, -0.1) is 0 Å². The maximum Gasteiger partial charge on any atom is 0.235 e. The number of rotatable bonds is 4. The number of halogens is 1.